The second-order valence-electron chi connectivity index (χ2n) is 5.08. The summed E-state index contributed by atoms with van der Waals surface area (Å²) >= 11 is 0. The van der Waals surface area contributed by atoms with E-state index in [-0.39, 0.29) is 29.9 Å². The van der Waals surface area contributed by atoms with Gasteiger partial charge in [-0.3, -0.25) is 9.48 Å². The molecule has 3 aromatic heterocycles. The average molecular weight is 343 g/mol. The van der Waals surface area contributed by atoms with Crippen molar-refractivity contribution in [1.82, 2.24) is 24.9 Å². The van der Waals surface area contributed by atoms with E-state index in [0.29, 0.717) is 16.1 Å². The Hall–Kier alpha value is -2.69. The van der Waals surface area contributed by atoms with E-state index in [4.69, 9.17) is 9.26 Å². The van der Waals surface area contributed by atoms with E-state index in [1.54, 1.807) is 6.07 Å². The van der Waals surface area contributed by atoms with E-state index in [2.05, 4.69) is 20.2 Å². The highest BCUT2D eigenvalue weighted by Gasteiger charge is 2.28. The second kappa shape index (κ2) is 6.07. The topological polar surface area (TPSA) is 98.8 Å². The van der Waals surface area contributed by atoms with Gasteiger partial charge in [-0.1, -0.05) is 5.16 Å². The Balaban J connectivity index is 1.87. The molecule has 0 radical (unpaired) electrons. The molecule has 128 valence electrons. The smallest absolute Gasteiger partial charge is 0.377 e. The molecule has 11 heteroatoms. The van der Waals surface area contributed by atoms with Gasteiger partial charge in [-0.25, -0.2) is 4.98 Å². The molecule has 0 bridgehead atoms. The minimum absolute atomic E-state index is 0.0820. The lowest BCUT2D eigenvalue weighted by atomic mass is 10.2. The number of hydrogen-bond acceptors (Lipinski definition) is 6. The molecule has 0 unspecified atom stereocenters. The number of hydrogen-bond donors (Lipinski definition) is 1. The zero-order chi connectivity index (χ0) is 17.3. The highest BCUT2D eigenvalue weighted by atomic mass is 19.4. The maximum atomic E-state index is 12.4. The fourth-order valence-electron chi connectivity index (χ4n) is 2.19. The minimum Gasteiger partial charge on any atom is -0.377 e. The van der Waals surface area contributed by atoms with Crippen LogP contribution in [0.15, 0.2) is 21.6 Å². The standard InChI is InChI=1S/C13H12F3N5O3/c1-23-5-8-2-7(20-24-8)3-10-17-9-4-21(6-13(14,15)16)19-11(9)12(22)18-10/h2,4H,3,5-6H2,1H3,(H,17,18,22). The number of rotatable bonds is 5. The predicted octanol–water partition coefficient (Wildman–Crippen LogP) is 1.41. The van der Waals surface area contributed by atoms with Crippen LogP contribution in [0, 0.1) is 0 Å². The number of nitrogens with zero attached hydrogens (tertiary/aromatic N) is 4. The number of methoxy groups -OCH3 is 1. The van der Waals surface area contributed by atoms with Gasteiger partial charge in [-0.15, -0.1) is 0 Å². The normalized spacial score (nSPS) is 12.2. The lowest BCUT2D eigenvalue weighted by Crippen LogP contribution is -2.18. The van der Waals surface area contributed by atoms with Gasteiger partial charge in [0.15, 0.2) is 11.3 Å². The van der Waals surface area contributed by atoms with E-state index < -0.39 is 18.3 Å². The van der Waals surface area contributed by atoms with Gasteiger partial charge in [-0.2, -0.15) is 18.3 Å². The van der Waals surface area contributed by atoms with Crippen molar-refractivity contribution in [1.29, 1.82) is 0 Å². The molecule has 0 fully saturated rings. The number of nitrogens with one attached hydrogen (secondary N) is 1. The Morgan fingerprint density at radius 3 is 2.92 bits per heavy atom. The van der Waals surface area contributed by atoms with Crippen LogP contribution in [-0.4, -0.2) is 38.2 Å². The molecule has 0 aromatic carbocycles. The van der Waals surface area contributed by atoms with Crippen LogP contribution < -0.4 is 5.56 Å². The third kappa shape index (κ3) is 3.62. The lowest BCUT2D eigenvalue weighted by molar-refractivity contribution is -0.142. The number of aromatic nitrogens is 5. The highest BCUT2D eigenvalue weighted by molar-refractivity contribution is 5.72. The molecule has 3 aromatic rings. The SMILES string of the molecule is COCc1cc(Cc2nc3cn(CC(F)(F)F)nc3c(=O)[nH]2)no1. The van der Waals surface area contributed by atoms with Crippen LogP contribution in [0.1, 0.15) is 17.3 Å². The first-order valence-electron chi connectivity index (χ1n) is 6.80. The summed E-state index contributed by atoms with van der Waals surface area (Å²) in [6.07, 6.45) is -3.19. The summed E-state index contributed by atoms with van der Waals surface area (Å²) in [4.78, 5) is 18.6. The van der Waals surface area contributed by atoms with Gasteiger partial charge in [0.25, 0.3) is 5.56 Å². The molecular formula is C13H12F3N5O3. The van der Waals surface area contributed by atoms with E-state index in [1.165, 1.54) is 7.11 Å². The maximum Gasteiger partial charge on any atom is 0.408 e. The first-order chi connectivity index (χ1) is 11.3. The van der Waals surface area contributed by atoms with Crippen molar-refractivity contribution >= 4 is 11.0 Å². The van der Waals surface area contributed by atoms with E-state index in [9.17, 15) is 18.0 Å². The van der Waals surface area contributed by atoms with Crippen LogP contribution in [0.5, 0.6) is 0 Å². The number of alkyl halides is 3. The molecule has 0 saturated carbocycles. The molecule has 0 aliphatic rings. The van der Waals surface area contributed by atoms with E-state index >= 15 is 0 Å². The largest absolute Gasteiger partial charge is 0.408 e. The molecule has 3 rings (SSSR count). The molecule has 0 saturated heterocycles. The molecule has 24 heavy (non-hydrogen) atoms. The van der Waals surface area contributed by atoms with Crippen molar-refractivity contribution in [3.63, 3.8) is 0 Å². The Morgan fingerprint density at radius 2 is 2.21 bits per heavy atom. The summed E-state index contributed by atoms with van der Waals surface area (Å²) in [5.41, 5.74) is -0.175. The highest BCUT2D eigenvalue weighted by Crippen LogP contribution is 2.18. The molecule has 3 heterocycles. The Morgan fingerprint density at radius 1 is 1.42 bits per heavy atom. The number of halogens is 3. The van der Waals surface area contributed by atoms with Gasteiger partial charge in [0.05, 0.1) is 18.3 Å². The predicted molar refractivity (Wildman–Crippen MR) is 74.2 cm³/mol. The van der Waals surface area contributed by atoms with Gasteiger partial charge in [-0.05, 0) is 0 Å². The summed E-state index contributed by atoms with van der Waals surface area (Å²) in [5.74, 6) is 0.755. The number of fused-ring (bicyclic) bond motifs is 1. The number of aromatic amines is 1. The number of H-pyrrole nitrogens is 1. The zero-order valence-corrected chi connectivity index (χ0v) is 12.4. The van der Waals surface area contributed by atoms with Gasteiger partial charge in [0.1, 0.15) is 24.5 Å². The van der Waals surface area contributed by atoms with Gasteiger partial charge < -0.3 is 14.2 Å². The van der Waals surface area contributed by atoms with Crippen LogP contribution in [-0.2, 0) is 24.3 Å². The summed E-state index contributed by atoms with van der Waals surface area (Å²) < 4.78 is 47.8. The molecule has 0 amide bonds. The Kier molecular flexibility index (Phi) is 4.09. The fourth-order valence-corrected chi connectivity index (χ4v) is 2.19. The van der Waals surface area contributed by atoms with Gasteiger partial charge in [0.2, 0.25) is 0 Å². The average Bonchev–Trinajstić information content (AvgIpc) is 3.04. The first-order valence-corrected chi connectivity index (χ1v) is 6.80. The van der Waals surface area contributed by atoms with Crippen molar-refractivity contribution in [3.05, 3.63) is 39.9 Å². The lowest BCUT2D eigenvalue weighted by Gasteiger charge is -2.04. The zero-order valence-electron chi connectivity index (χ0n) is 12.4. The molecule has 0 atom stereocenters. The van der Waals surface area contributed by atoms with Crippen molar-refractivity contribution in [3.8, 4) is 0 Å². The molecule has 1 N–H and O–H groups in total. The van der Waals surface area contributed by atoms with Gasteiger partial charge in [0, 0.05) is 13.2 Å². The Bertz CT molecular complexity index is 912. The van der Waals surface area contributed by atoms with Crippen LogP contribution in [0.25, 0.3) is 11.0 Å². The first kappa shape index (κ1) is 16.2. The third-order valence-corrected chi connectivity index (χ3v) is 3.05. The van der Waals surface area contributed by atoms with Crippen molar-refractivity contribution in [2.45, 2.75) is 25.7 Å². The van der Waals surface area contributed by atoms with E-state index in [0.717, 1.165) is 6.20 Å². The molecule has 0 spiro atoms. The molecular weight excluding hydrogens is 331 g/mol. The Labute approximate surface area is 132 Å². The van der Waals surface area contributed by atoms with Crippen molar-refractivity contribution in [2.24, 2.45) is 0 Å². The molecule has 8 nitrogen and oxygen atoms in total. The summed E-state index contributed by atoms with van der Waals surface area (Å²) in [6, 6.07) is 1.64. The summed E-state index contributed by atoms with van der Waals surface area (Å²) in [5, 5.41) is 7.42. The summed E-state index contributed by atoms with van der Waals surface area (Å²) in [6.45, 7) is -1.04. The fraction of sp³-hybridized carbons (Fsp3) is 0.385. The maximum absolute atomic E-state index is 12.4. The molecule has 0 aliphatic heterocycles. The van der Waals surface area contributed by atoms with Crippen LogP contribution in [0.2, 0.25) is 0 Å². The van der Waals surface area contributed by atoms with Crippen LogP contribution >= 0.6 is 0 Å². The quantitative estimate of drug-likeness (QED) is 0.752. The third-order valence-electron chi connectivity index (χ3n) is 3.05. The van der Waals surface area contributed by atoms with E-state index in [1.807, 2.05) is 0 Å². The second-order valence-corrected chi connectivity index (χ2v) is 5.08. The van der Waals surface area contributed by atoms with Crippen LogP contribution in [0.3, 0.4) is 0 Å². The van der Waals surface area contributed by atoms with Crippen molar-refractivity contribution in [2.75, 3.05) is 7.11 Å². The van der Waals surface area contributed by atoms with Crippen molar-refractivity contribution < 1.29 is 22.4 Å². The number of ether oxygens (including phenoxy) is 1. The molecule has 0 aliphatic carbocycles. The van der Waals surface area contributed by atoms with Gasteiger partial charge >= 0.3 is 6.18 Å². The van der Waals surface area contributed by atoms with Crippen LogP contribution in [0.4, 0.5) is 13.2 Å². The monoisotopic (exact) mass is 343 g/mol. The minimum atomic E-state index is -4.43. The summed E-state index contributed by atoms with van der Waals surface area (Å²) in [7, 11) is 1.51.